The monoisotopic (exact) mass is 332 g/mol. The summed E-state index contributed by atoms with van der Waals surface area (Å²) in [4.78, 5) is 14.1. The van der Waals surface area contributed by atoms with Gasteiger partial charge in [0.1, 0.15) is 5.60 Å². The second-order valence-corrected chi connectivity index (χ2v) is 7.98. The zero-order valence-electron chi connectivity index (χ0n) is 15.8. The molecule has 0 aromatic heterocycles. The van der Waals surface area contributed by atoms with Gasteiger partial charge in [0.25, 0.3) is 0 Å². The molecule has 1 saturated heterocycles. The van der Waals surface area contributed by atoms with Gasteiger partial charge in [-0.05, 0) is 58.9 Å². The van der Waals surface area contributed by atoms with Crippen molar-refractivity contribution in [2.24, 2.45) is 5.92 Å². The van der Waals surface area contributed by atoms with Crippen molar-refractivity contribution < 1.29 is 9.53 Å². The average Bonchev–Trinajstić information content (AvgIpc) is 2.51. The standard InChI is InChI=1S/C20H32N2O2/c1-15-8-6-10-18(12-15)16(2)21-13-17-9-7-11-22(14-17)19(23)24-20(3,4)5/h6,8,10,12,16-17,21H,7,9,11,13-14H2,1-5H3/t16-,17?/m1/s1. The fourth-order valence-electron chi connectivity index (χ4n) is 3.12. The fourth-order valence-corrected chi connectivity index (χ4v) is 3.12. The van der Waals surface area contributed by atoms with Gasteiger partial charge < -0.3 is 15.0 Å². The van der Waals surface area contributed by atoms with Gasteiger partial charge in [-0.25, -0.2) is 4.79 Å². The van der Waals surface area contributed by atoms with Crippen molar-refractivity contribution in [3.63, 3.8) is 0 Å². The highest BCUT2D eigenvalue weighted by Gasteiger charge is 2.27. The second-order valence-electron chi connectivity index (χ2n) is 7.98. The van der Waals surface area contributed by atoms with Gasteiger partial charge in [0.15, 0.2) is 0 Å². The number of carbonyl (C=O) groups is 1. The first-order chi connectivity index (χ1) is 11.2. The lowest BCUT2D eigenvalue weighted by Gasteiger charge is -2.34. The van der Waals surface area contributed by atoms with E-state index in [0.29, 0.717) is 12.0 Å². The Bertz CT molecular complexity index is 551. The Balaban J connectivity index is 1.83. The second kappa shape index (κ2) is 8.02. The molecule has 0 saturated carbocycles. The number of ether oxygens (including phenoxy) is 1. The first kappa shape index (κ1) is 18.8. The molecule has 1 amide bonds. The highest BCUT2D eigenvalue weighted by molar-refractivity contribution is 5.68. The van der Waals surface area contributed by atoms with Crippen LogP contribution < -0.4 is 5.32 Å². The van der Waals surface area contributed by atoms with E-state index < -0.39 is 5.60 Å². The smallest absolute Gasteiger partial charge is 0.410 e. The van der Waals surface area contributed by atoms with Crippen molar-refractivity contribution in [1.82, 2.24) is 10.2 Å². The molecule has 0 bridgehead atoms. The SMILES string of the molecule is Cc1cccc([C@@H](C)NCC2CCCN(C(=O)OC(C)(C)C)C2)c1. The van der Waals surface area contributed by atoms with Crippen LogP contribution in [0.1, 0.15) is 57.7 Å². The summed E-state index contributed by atoms with van der Waals surface area (Å²) < 4.78 is 5.50. The number of likely N-dealkylation sites (tertiary alicyclic amines) is 1. The van der Waals surface area contributed by atoms with Crippen molar-refractivity contribution in [1.29, 1.82) is 0 Å². The number of piperidine rings is 1. The van der Waals surface area contributed by atoms with Crippen LogP contribution in [0.4, 0.5) is 4.79 Å². The number of nitrogens with one attached hydrogen (secondary N) is 1. The number of hydrogen-bond acceptors (Lipinski definition) is 3. The van der Waals surface area contributed by atoms with E-state index >= 15 is 0 Å². The number of benzene rings is 1. The molecule has 4 nitrogen and oxygen atoms in total. The summed E-state index contributed by atoms with van der Waals surface area (Å²) in [7, 11) is 0. The molecular formula is C20H32N2O2. The van der Waals surface area contributed by atoms with Gasteiger partial charge in [0.05, 0.1) is 0 Å². The zero-order chi connectivity index (χ0) is 17.7. The third-order valence-electron chi connectivity index (χ3n) is 4.43. The molecular weight excluding hydrogens is 300 g/mol. The Morgan fingerprint density at radius 1 is 1.42 bits per heavy atom. The fraction of sp³-hybridized carbons (Fsp3) is 0.650. The molecule has 134 valence electrons. The van der Waals surface area contributed by atoms with E-state index in [4.69, 9.17) is 4.74 Å². The molecule has 1 aliphatic heterocycles. The first-order valence-electron chi connectivity index (χ1n) is 9.02. The van der Waals surface area contributed by atoms with Crippen LogP contribution in [0.3, 0.4) is 0 Å². The van der Waals surface area contributed by atoms with Gasteiger partial charge >= 0.3 is 6.09 Å². The molecule has 0 radical (unpaired) electrons. The maximum absolute atomic E-state index is 12.2. The van der Waals surface area contributed by atoms with Gasteiger partial charge in [0, 0.05) is 25.7 Å². The molecule has 0 spiro atoms. The third kappa shape index (κ3) is 5.82. The summed E-state index contributed by atoms with van der Waals surface area (Å²) >= 11 is 0. The predicted molar refractivity (Wildman–Crippen MR) is 98.1 cm³/mol. The minimum absolute atomic E-state index is 0.182. The van der Waals surface area contributed by atoms with Crippen LogP contribution in [0, 0.1) is 12.8 Å². The lowest BCUT2D eigenvalue weighted by Crippen LogP contribution is -2.45. The summed E-state index contributed by atoms with van der Waals surface area (Å²) in [6.07, 6.45) is 2.02. The largest absolute Gasteiger partial charge is 0.444 e. The number of hydrogen-bond donors (Lipinski definition) is 1. The van der Waals surface area contributed by atoms with E-state index in [2.05, 4.69) is 43.4 Å². The van der Waals surface area contributed by atoms with Crippen molar-refractivity contribution in [3.8, 4) is 0 Å². The van der Waals surface area contributed by atoms with Gasteiger partial charge in [-0.1, -0.05) is 29.8 Å². The van der Waals surface area contributed by atoms with E-state index in [-0.39, 0.29) is 6.09 Å². The van der Waals surface area contributed by atoms with E-state index in [1.807, 2.05) is 25.7 Å². The van der Waals surface area contributed by atoms with Crippen LogP contribution in [0.2, 0.25) is 0 Å². The topological polar surface area (TPSA) is 41.6 Å². The van der Waals surface area contributed by atoms with Gasteiger partial charge in [-0.2, -0.15) is 0 Å². The van der Waals surface area contributed by atoms with E-state index in [1.54, 1.807) is 0 Å². The molecule has 2 atom stereocenters. The summed E-state index contributed by atoms with van der Waals surface area (Å²) in [5, 5.41) is 3.62. The normalized spacial score (nSPS) is 19.9. The molecule has 1 aromatic rings. The van der Waals surface area contributed by atoms with E-state index in [9.17, 15) is 4.79 Å². The van der Waals surface area contributed by atoms with Crippen molar-refractivity contribution in [3.05, 3.63) is 35.4 Å². The Kier molecular flexibility index (Phi) is 6.27. The Morgan fingerprint density at radius 3 is 2.83 bits per heavy atom. The quantitative estimate of drug-likeness (QED) is 0.894. The molecule has 4 heteroatoms. The Hall–Kier alpha value is -1.55. The number of carbonyl (C=O) groups excluding carboxylic acids is 1. The van der Waals surface area contributed by atoms with Crippen LogP contribution in [0.15, 0.2) is 24.3 Å². The van der Waals surface area contributed by atoms with Gasteiger partial charge in [-0.3, -0.25) is 0 Å². The lowest BCUT2D eigenvalue weighted by molar-refractivity contribution is 0.0165. The van der Waals surface area contributed by atoms with Crippen molar-refractivity contribution >= 4 is 6.09 Å². The van der Waals surface area contributed by atoms with Crippen LogP contribution in [-0.4, -0.2) is 36.2 Å². The Labute approximate surface area is 146 Å². The summed E-state index contributed by atoms with van der Waals surface area (Å²) in [5.41, 5.74) is 2.17. The molecule has 1 unspecified atom stereocenters. The Morgan fingerprint density at radius 2 is 2.17 bits per heavy atom. The predicted octanol–water partition coefficient (Wildman–Crippen LogP) is 4.29. The maximum atomic E-state index is 12.2. The zero-order valence-corrected chi connectivity index (χ0v) is 15.8. The van der Waals surface area contributed by atoms with E-state index in [0.717, 1.165) is 32.5 Å². The number of amides is 1. The lowest BCUT2D eigenvalue weighted by atomic mass is 9.97. The van der Waals surface area contributed by atoms with Gasteiger partial charge in [0.2, 0.25) is 0 Å². The first-order valence-corrected chi connectivity index (χ1v) is 9.02. The summed E-state index contributed by atoms with van der Waals surface area (Å²) in [6.45, 7) is 12.6. The highest BCUT2D eigenvalue weighted by Crippen LogP contribution is 2.20. The van der Waals surface area contributed by atoms with Crippen LogP contribution in [0.25, 0.3) is 0 Å². The van der Waals surface area contributed by atoms with Crippen LogP contribution in [0.5, 0.6) is 0 Å². The number of rotatable bonds is 4. The van der Waals surface area contributed by atoms with Crippen molar-refractivity contribution in [2.45, 2.75) is 59.1 Å². The number of aryl methyl sites for hydroxylation is 1. The van der Waals surface area contributed by atoms with Crippen molar-refractivity contribution in [2.75, 3.05) is 19.6 Å². The molecule has 0 aliphatic carbocycles. The molecule has 1 N–H and O–H groups in total. The molecule has 1 aromatic carbocycles. The summed E-state index contributed by atoms with van der Waals surface area (Å²) in [5.74, 6) is 0.485. The number of nitrogens with zero attached hydrogens (tertiary/aromatic N) is 1. The molecule has 1 fully saturated rings. The third-order valence-corrected chi connectivity index (χ3v) is 4.43. The van der Waals surface area contributed by atoms with Crippen LogP contribution in [-0.2, 0) is 4.74 Å². The van der Waals surface area contributed by atoms with E-state index in [1.165, 1.54) is 11.1 Å². The summed E-state index contributed by atoms with van der Waals surface area (Å²) in [6, 6.07) is 8.94. The minimum Gasteiger partial charge on any atom is -0.444 e. The highest BCUT2D eigenvalue weighted by atomic mass is 16.6. The molecule has 1 aliphatic rings. The van der Waals surface area contributed by atoms with Crippen LogP contribution >= 0.6 is 0 Å². The minimum atomic E-state index is -0.429. The maximum Gasteiger partial charge on any atom is 0.410 e. The molecule has 2 rings (SSSR count). The average molecular weight is 332 g/mol. The van der Waals surface area contributed by atoms with Gasteiger partial charge in [-0.15, -0.1) is 0 Å². The molecule has 24 heavy (non-hydrogen) atoms. The molecule has 1 heterocycles.